The molecule has 0 saturated heterocycles. The number of methoxy groups -OCH3 is 1. The van der Waals surface area contributed by atoms with Crippen molar-refractivity contribution in [1.29, 1.82) is 0 Å². The highest BCUT2D eigenvalue weighted by atomic mass is 32.1. The molecular formula is C11H12O2S. The zero-order valence-electron chi connectivity index (χ0n) is 8.20. The average Bonchev–Trinajstić information content (AvgIpc) is 2.59. The van der Waals surface area contributed by atoms with Crippen LogP contribution in [0.4, 0.5) is 0 Å². The largest absolute Gasteiger partial charge is 0.506 e. The minimum atomic E-state index is 0.362. The Labute approximate surface area is 86.8 Å². The van der Waals surface area contributed by atoms with Gasteiger partial charge in [-0.3, -0.25) is 0 Å². The maximum absolute atomic E-state index is 9.70. The number of hydrogen-bond acceptors (Lipinski definition) is 3. The first-order valence-corrected chi connectivity index (χ1v) is 5.42. The first-order valence-electron chi connectivity index (χ1n) is 4.54. The smallest absolute Gasteiger partial charge is 0.134 e. The van der Waals surface area contributed by atoms with Crippen molar-refractivity contribution >= 4 is 21.4 Å². The highest BCUT2D eigenvalue weighted by Gasteiger charge is 2.11. The first-order chi connectivity index (χ1) is 6.77. The molecule has 3 heteroatoms. The molecule has 14 heavy (non-hydrogen) atoms. The molecule has 0 fully saturated rings. The number of aromatic hydroxyl groups is 1. The van der Waals surface area contributed by atoms with Gasteiger partial charge in [-0.1, -0.05) is 6.92 Å². The van der Waals surface area contributed by atoms with E-state index in [2.05, 4.69) is 6.92 Å². The number of ether oxygens (including phenoxy) is 1. The lowest BCUT2D eigenvalue weighted by atomic mass is 10.1. The first kappa shape index (κ1) is 9.34. The van der Waals surface area contributed by atoms with E-state index in [1.165, 1.54) is 0 Å². The van der Waals surface area contributed by atoms with Crippen LogP contribution in [0.2, 0.25) is 0 Å². The third-order valence-electron chi connectivity index (χ3n) is 2.36. The number of hydrogen-bond donors (Lipinski definition) is 1. The molecule has 0 bridgehead atoms. The molecule has 0 spiro atoms. The van der Waals surface area contributed by atoms with Crippen LogP contribution in [0.1, 0.15) is 12.5 Å². The van der Waals surface area contributed by atoms with Gasteiger partial charge in [-0.25, -0.2) is 0 Å². The van der Waals surface area contributed by atoms with Crippen molar-refractivity contribution in [3.8, 4) is 11.5 Å². The zero-order chi connectivity index (χ0) is 10.1. The zero-order valence-corrected chi connectivity index (χ0v) is 9.02. The summed E-state index contributed by atoms with van der Waals surface area (Å²) in [5, 5.41) is 12.4. The van der Waals surface area contributed by atoms with Gasteiger partial charge in [-0.15, -0.1) is 11.3 Å². The van der Waals surface area contributed by atoms with Crippen LogP contribution in [-0.4, -0.2) is 12.2 Å². The third kappa shape index (κ3) is 1.24. The molecule has 0 aliphatic carbocycles. The van der Waals surface area contributed by atoms with Crippen LogP contribution in [0.15, 0.2) is 17.5 Å². The van der Waals surface area contributed by atoms with E-state index in [0.717, 1.165) is 27.8 Å². The normalized spacial score (nSPS) is 10.7. The minimum Gasteiger partial charge on any atom is -0.506 e. The summed E-state index contributed by atoms with van der Waals surface area (Å²) in [6, 6.07) is 3.94. The van der Waals surface area contributed by atoms with Crippen molar-refractivity contribution in [3.05, 3.63) is 23.1 Å². The van der Waals surface area contributed by atoms with Gasteiger partial charge in [-0.05, 0) is 18.6 Å². The van der Waals surface area contributed by atoms with Crippen LogP contribution in [-0.2, 0) is 6.42 Å². The van der Waals surface area contributed by atoms with Crippen LogP contribution in [0.25, 0.3) is 10.1 Å². The summed E-state index contributed by atoms with van der Waals surface area (Å²) in [6.45, 7) is 2.06. The van der Waals surface area contributed by atoms with Crippen LogP contribution in [0.3, 0.4) is 0 Å². The van der Waals surface area contributed by atoms with Crippen molar-refractivity contribution in [2.24, 2.45) is 0 Å². The highest BCUT2D eigenvalue weighted by Crippen LogP contribution is 2.38. The van der Waals surface area contributed by atoms with Crippen LogP contribution in [0.5, 0.6) is 11.5 Å². The van der Waals surface area contributed by atoms with E-state index < -0.39 is 0 Å². The maximum atomic E-state index is 9.70. The number of aryl methyl sites for hydroxylation is 1. The summed E-state index contributed by atoms with van der Waals surface area (Å²) in [4.78, 5) is 0. The fourth-order valence-corrected chi connectivity index (χ4v) is 2.56. The third-order valence-corrected chi connectivity index (χ3v) is 3.29. The molecule has 0 amide bonds. The van der Waals surface area contributed by atoms with E-state index in [-0.39, 0.29) is 0 Å². The summed E-state index contributed by atoms with van der Waals surface area (Å²) in [5.74, 6) is 1.22. The standard InChI is InChI=1S/C11H12O2S/c1-3-7-9(13-2)4-5-10-11(7)8(12)6-14-10/h4-6,12H,3H2,1-2H3. The summed E-state index contributed by atoms with van der Waals surface area (Å²) in [7, 11) is 1.66. The van der Waals surface area contributed by atoms with Crippen molar-refractivity contribution in [3.63, 3.8) is 0 Å². The highest BCUT2D eigenvalue weighted by molar-refractivity contribution is 7.17. The SMILES string of the molecule is CCc1c(OC)ccc2scc(O)c12. The summed E-state index contributed by atoms with van der Waals surface area (Å²) >= 11 is 1.56. The Morgan fingerprint density at radius 3 is 2.86 bits per heavy atom. The molecule has 1 heterocycles. The van der Waals surface area contributed by atoms with Crippen LogP contribution >= 0.6 is 11.3 Å². The second kappa shape index (κ2) is 3.50. The molecule has 0 aliphatic rings. The van der Waals surface area contributed by atoms with Gasteiger partial charge in [-0.2, -0.15) is 0 Å². The fourth-order valence-electron chi connectivity index (χ4n) is 1.71. The predicted molar refractivity (Wildman–Crippen MR) is 59.4 cm³/mol. The van der Waals surface area contributed by atoms with Gasteiger partial charge in [0.15, 0.2) is 0 Å². The van der Waals surface area contributed by atoms with E-state index in [1.54, 1.807) is 23.8 Å². The van der Waals surface area contributed by atoms with Gasteiger partial charge in [0, 0.05) is 21.0 Å². The van der Waals surface area contributed by atoms with Gasteiger partial charge in [0.05, 0.1) is 7.11 Å². The van der Waals surface area contributed by atoms with Crippen LogP contribution < -0.4 is 4.74 Å². The van der Waals surface area contributed by atoms with Gasteiger partial charge in [0.2, 0.25) is 0 Å². The molecule has 1 aromatic heterocycles. The quantitative estimate of drug-likeness (QED) is 0.821. The Hall–Kier alpha value is -1.22. The molecule has 0 saturated carbocycles. The Morgan fingerprint density at radius 2 is 2.21 bits per heavy atom. The lowest BCUT2D eigenvalue weighted by Gasteiger charge is -2.07. The molecule has 0 unspecified atom stereocenters. The minimum absolute atomic E-state index is 0.362. The van der Waals surface area contributed by atoms with E-state index >= 15 is 0 Å². The Balaban J connectivity index is 2.81. The monoisotopic (exact) mass is 208 g/mol. The Bertz CT molecular complexity index is 460. The number of thiophene rings is 1. The van der Waals surface area contributed by atoms with E-state index in [9.17, 15) is 5.11 Å². The predicted octanol–water partition coefficient (Wildman–Crippen LogP) is 3.18. The van der Waals surface area contributed by atoms with E-state index in [0.29, 0.717) is 5.75 Å². The fraction of sp³-hybridized carbons (Fsp3) is 0.273. The molecule has 2 nitrogen and oxygen atoms in total. The second-order valence-electron chi connectivity index (χ2n) is 3.09. The Morgan fingerprint density at radius 1 is 1.43 bits per heavy atom. The molecule has 2 rings (SSSR count). The molecule has 74 valence electrons. The van der Waals surface area contributed by atoms with Gasteiger partial charge in [0.25, 0.3) is 0 Å². The van der Waals surface area contributed by atoms with Crippen molar-refractivity contribution in [2.75, 3.05) is 7.11 Å². The lowest BCUT2D eigenvalue weighted by Crippen LogP contribution is -1.90. The summed E-state index contributed by atoms with van der Waals surface area (Å²) < 4.78 is 6.37. The van der Waals surface area contributed by atoms with Crippen molar-refractivity contribution in [1.82, 2.24) is 0 Å². The number of benzene rings is 1. The van der Waals surface area contributed by atoms with Crippen molar-refractivity contribution in [2.45, 2.75) is 13.3 Å². The Kier molecular flexibility index (Phi) is 2.33. The topological polar surface area (TPSA) is 29.5 Å². The molecular weight excluding hydrogens is 196 g/mol. The van der Waals surface area contributed by atoms with Gasteiger partial charge >= 0.3 is 0 Å². The number of rotatable bonds is 2. The lowest BCUT2D eigenvalue weighted by molar-refractivity contribution is 0.410. The molecule has 0 aliphatic heterocycles. The molecule has 1 aromatic carbocycles. The summed E-state index contributed by atoms with van der Waals surface area (Å²) in [6.07, 6.45) is 0.866. The molecule has 2 aromatic rings. The van der Waals surface area contributed by atoms with Gasteiger partial charge in [0.1, 0.15) is 11.5 Å². The van der Waals surface area contributed by atoms with E-state index in [4.69, 9.17) is 4.74 Å². The average molecular weight is 208 g/mol. The van der Waals surface area contributed by atoms with Gasteiger partial charge < -0.3 is 9.84 Å². The molecule has 1 N–H and O–H groups in total. The van der Waals surface area contributed by atoms with E-state index in [1.807, 2.05) is 12.1 Å². The molecule has 0 atom stereocenters. The number of fused-ring (bicyclic) bond motifs is 1. The second-order valence-corrected chi connectivity index (χ2v) is 4.01. The summed E-state index contributed by atoms with van der Waals surface area (Å²) in [5.41, 5.74) is 1.09. The van der Waals surface area contributed by atoms with Crippen molar-refractivity contribution < 1.29 is 9.84 Å². The van der Waals surface area contributed by atoms with Crippen LogP contribution in [0, 0.1) is 0 Å². The maximum Gasteiger partial charge on any atom is 0.134 e. The molecule has 0 radical (unpaired) electrons.